The van der Waals surface area contributed by atoms with E-state index in [2.05, 4.69) is 29.5 Å². The molecule has 0 radical (unpaired) electrons. The number of carbonyl (C=O) groups is 2. The Balaban J connectivity index is 1.80. The molecule has 0 N–H and O–H groups in total. The zero-order chi connectivity index (χ0) is 21.3. The molecule has 5 heteroatoms. The fraction of sp³-hybridized carbons (Fsp3) is 0.200. The predicted octanol–water partition coefficient (Wildman–Crippen LogP) is 5.68. The first-order valence-electron chi connectivity index (χ1n) is 9.99. The molecule has 2 unspecified atom stereocenters. The quantitative estimate of drug-likeness (QED) is 0.426. The van der Waals surface area contributed by atoms with Gasteiger partial charge in [0.05, 0.1) is 11.6 Å². The lowest BCUT2D eigenvalue weighted by atomic mass is 9.86. The van der Waals surface area contributed by atoms with Crippen molar-refractivity contribution in [2.75, 3.05) is 16.3 Å². The molecule has 0 aromatic heterocycles. The van der Waals surface area contributed by atoms with E-state index in [-0.39, 0.29) is 23.8 Å². The summed E-state index contributed by atoms with van der Waals surface area (Å²) in [6.07, 6.45) is 0. The summed E-state index contributed by atoms with van der Waals surface area (Å²) in [7, 11) is 0. The smallest absolute Gasteiger partial charge is 0.259 e. The zero-order valence-corrected chi connectivity index (χ0v) is 19.1. The summed E-state index contributed by atoms with van der Waals surface area (Å²) >= 11 is 2.21. The number of halogens is 1. The van der Waals surface area contributed by atoms with Gasteiger partial charge in [0, 0.05) is 28.4 Å². The van der Waals surface area contributed by atoms with Crippen LogP contribution in [0.25, 0.3) is 0 Å². The van der Waals surface area contributed by atoms with Crippen molar-refractivity contribution in [3.8, 4) is 0 Å². The molecule has 1 aliphatic heterocycles. The van der Waals surface area contributed by atoms with Gasteiger partial charge in [0.25, 0.3) is 5.91 Å². The Morgan fingerprint density at radius 3 is 2.27 bits per heavy atom. The maximum absolute atomic E-state index is 13.4. The number of hydrogen-bond donors (Lipinski definition) is 0. The van der Waals surface area contributed by atoms with Gasteiger partial charge in [0.2, 0.25) is 5.91 Å². The van der Waals surface area contributed by atoms with Crippen LogP contribution in [0.3, 0.4) is 0 Å². The van der Waals surface area contributed by atoms with Crippen molar-refractivity contribution in [3.63, 3.8) is 0 Å². The van der Waals surface area contributed by atoms with E-state index in [1.165, 1.54) is 0 Å². The SMILES string of the molecule is CC(=O)N(c1ccccc1)C1c2ccccc2N(C(=O)c2ccccc2I)CC1C. The molecule has 4 nitrogen and oxygen atoms in total. The van der Waals surface area contributed by atoms with Crippen LogP contribution >= 0.6 is 22.6 Å². The Hall–Kier alpha value is -2.67. The molecule has 0 aliphatic carbocycles. The summed E-state index contributed by atoms with van der Waals surface area (Å²) in [6.45, 7) is 4.25. The molecule has 3 aromatic carbocycles. The minimum absolute atomic E-state index is 0.00756. The topological polar surface area (TPSA) is 40.6 Å². The maximum Gasteiger partial charge on any atom is 0.259 e. The highest BCUT2D eigenvalue weighted by molar-refractivity contribution is 14.1. The molecular formula is C25H23IN2O2. The molecule has 3 aromatic rings. The molecule has 1 aliphatic rings. The third kappa shape index (κ3) is 3.74. The molecule has 1 heterocycles. The minimum atomic E-state index is -0.139. The number of para-hydroxylation sites is 2. The van der Waals surface area contributed by atoms with Gasteiger partial charge >= 0.3 is 0 Å². The number of fused-ring (bicyclic) bond motifs is 1. The Bertz CT molecular complexity index is 1080. The van der Waals surface area contributed by atoms with Crippen molar-refractivity contribution in [1.29, 1.82) is 0 Å². The lowest BCUT2D eigenvalue weighted by molar-refractivity contribution is -0.117. The van der Waals surface area contributed by atoms with E-state index < -0.39 is 0 Å². The predicted molar refractivity (Wildman–Crippen MR) is 129 cm³/mol. The Morgan fingerprint density at radius 1 is 0.933 bits per heavy atom. The molecule has 152 valence electrons. The van der Waals surface area contributed by atoms with Crippen LogP contribution in [0.4, 0.5) is 11.4 Å². The minimum Gasteiger partial charge on any atom is -0.308 e. The van der Waals surface area contributed by atoms with E-state index in [4.69, 9.17) is 0 Å². The molecule has 2 amide bonds. The van der Waals surface area contributed by atoms with Crippen LogP contribution in [0.1, 0.15) is 35.8 Å². The Morgan fingerprint density at radius 2 is 1.57 bits per heavy atom. The van der Waals surface area contributed by atoms with Gasteiger partial charge in [-0.15, -0.1) is 0 Å². The molecule has 0 saturated heterocycles. The Labute approximate surface area is 190 Å². The van der Waals surface area contributed by atoms with Gasteiger partial charge in [-0.2, -0.15) is 0 Å². The van der Waals surface area contributed by atoms with Gasteiger partial charge in [-0.05, 0) is 64.4 Å². The third-order valence-corrected chi connectivity index (χ3v) is 6.50. The number of rotatable bonds is 3. The molecule has 4 rings (SSSR count). The zero-order valence-electron chi connectivity index (χ0n) is 17.0. The van der Waals surface area contributed by atoms with E-state index >= 15 is 0 Å². The molecule has 0 spiro atoms. The molecular weight excluding hydrogens is 487 g/mol. The van der Waals surface area contributed by atoms with Crippen molar-refractivity contribution in [1.82, 2.24) is 0 Å². The third-order valence-electron chi connectivity index (χ3n) is 5.56. The molecule has 0 fully saturated rings. The van der Waals surface area contributed by atoms with Crippen molar-refractivity contribution in [3.05, 3.63) is 93.6 Å². The van der Waals surface area contributed by atoms with Gasteiger partial charge in [0.15, 0.2) is 0 Å². The van der Waals surface area contributed by atoms with Crippen LogP contribution in [0.2, 0.25) is 0 Å². The Kier molecular flexibility index (Phi) is 5.90. The second-order valence-corrected chi connectivity index (χ2v) is 8.76. The van der Waals surface area contributed by atoms with Crippen LogP contribution in [0, 0.1) is 9.49 Å². The second kappa shape index (κ2) is 8.60. The van der Waals surface area contributed by atoms with Crippen molar-refractivity contribution in [2.45, 2.75) is 19.9 Å². The second-order valence-electron chi connectivity index (χ2n) is 7.60. The summed E-state index contributed by atoms with van der Waals surface area (Å²) in [4.78, 5) is 29.9. The molecule has 2 atom stereocenters. The van der Waals surface area contributed by atoms with Gasteiger partial charge in [-0.25, -0.2) is 0 Å². The van der Waals surface area contributed by atoms with Crippen molar-refractivity contribution in [2.24, 2.45) is 5.92 Å². The molecule has 30 heavy (non-hydrogen) atoms. The monoisotopic (exact) mass is 510 g/mol. The largest absolute Gasteiger partial charge is 0.308 e. The van der Waals surface area contributed by atoms with E-state index in [1.54, 1.807) is 6.92 Å². The highest BCUT2D eigenvalue weighted by atomic mass is 127. The molecule has 0 saturated carbocycles. The highest BCUT2D eigenvalue weighted by Gasteiger charge is 2.38. The van der Waals surface area contributed by atoms with Crippen LogP contribution in [0.15, 0.2) is 78.9 Å². The number of anilines is 2. The van der Waals surface area contributed by atoms with Crippen LogP contribution in [0.5, 0.6) is 0 Å². The number of hydrogen-bond acceptors (Lipinski definition) is 2. The summed E-state index contributed by atoms with van der Waals surface area (Å²) in [5.41, 5.74) is 3.43. The average molecular weight is 510 g/mol. The standard InChI is InChI=1S/C25H23IN2O2/c1-17-16-27(25(30)20-12-6-8-14-22(20)26)23-15-9-7-13-21(23)24(17)28(18(2)29)19-10-4-3-5-11-19/h3-15,17,24H,16H2,1-2H3. The first kappa shape index (κ1) is 20.6. The van der Waals surface area contributed by atoms with E-state index in [9.17, 15) is 9.59 Å². The maximum atomic E-state index is 13.4. The summed E-state index contributed by atoms with van der Waals surface area (Å²) in [5, 5.41) is 0. The van der Waals surface area contributed by atoms with Gasteiger partial charge in [0.1, 0.15) is 0 Å². The summed E-state index contributed by atoms with van der Waals surface area (Å²) in [5.74, 6) is 0.0476. The summed E-state index contributed by atoms with van der Waals surface area (Å²) in [6, 6.07) is 25.2. The number of nitrogens with zero attached hydrogens (tertiary/aromatic N) is 2. The van der Waals surface area contributed by atoms with Gasteiger partial charge in [-0.3, -0.25) is 9.59 Å². The fourth-order valence-electron chi connectivity index (χ4n) is 4.27. The highest BCUT2D eigenvalue weighted by Crippen LogP contribution is 2.43. The van der Waals surface area contributed by atoms with Crippen molar-refractivity contribution >= 4 is 45.8 Å². The van der Waals surface area contributed by atoms with E-state index in [0.717, 1.165) is 20.5 Å². The average Bonchev–Trinajstić information content (AvgIpc) is 2.75. The van der Waals surface area contributed by atoms with Crippen LogP contribution in [-0.4, -0.2) is 18.4 Å². The fourth-order valence-corrected chi connectivity index (χ4v) is 4.89. The first-order chi connectivity index (χ1) is 14.5. The van der Waals surface area contributed by atoms with Crippen molar-refractivity contribution < 1.29 is 9.59 Å². The van der Waals surface area contributed by atoms with E-state index in [0.29, 0.717) is 12.1 Å². The van der Waals surface area contributed by atoms with Gasteiger partial charge < -0.3 is 9.80 Å². The summed E-state index contributed by atoms with van der Waals surface area (Å²) < 4.78 is 0.932. The van der Waals surface area contributed by atoms with Gasteiger partial charge in [-0.1, -0.05) is 55.5 Å². The van der Waals surface area contributed by atoms with Crippen LogP contribution in [-0.2, 0) is 4.79 Å². The number of benzene rings is 3. The lowest BCUT2D eigenvalue weighted by Gasteiger charge is -2.43. The van der Waals surface area contributed by atoms with E-state index in [1.807, 2.05) is 88.7 Å². The lowest BCUT2D eigenvalue weighted by Crippen LogP contribution is -2.47. The van der Waals surface area contributed by atoms with Crippen LogP contribution < -0.4 is 9.80 Å². The number of carbonyl (C=O) groups excluding carboxylic acids is 2. The molecule has 0 bridgehead atoms. The first-order valence-corrected chi connectivity index (χ1v) is 11.1. The number of amides is 2. The normalized spacial score (nSPS) is 17.9.